The van der Waals surface area contributed by atoms with E-state index in [1.165, 1.54) is 0 Å². The average Bonchev–Trinajstić information content (AvgIpc) is 2.74. The molecule has 0 saturated heterocycles. The van der Waals surface area contributed by atoms with Crippen molar-refractivity contribution in [1.29, 1.82) is 0 Å². The van der Waals surface area contributed by atoms with E-state index in [4.69, 9.17) is 11.6 Å². The van der Waals surface area contributed by atoms with Gasteiger partial charge in [-0.05, 0) is 42.5 Å². The summed E-state index contributed by atoms with van der Waals surface area (Å²) in [6.07, 6.45) is 0. The molecular formula is C15H12ClNO2S. The molecule has 0 bridgehead atoms. The van der Waals surface area contributed by atoms with Crippen LogP contribution in [0.3, 0.4) is 0 Å². The lowest BCUT2D eigenvalue weighted by atomic mass is 10.0. The molecule has 0 saturated carbocycles. The summed E-state index contributed by atoms with van der Waals surface area (Å²) in [5.74, 6) is 0.393. The second-order valence-corrected chi connectivity index (χ2v) is 6.52. The number of fused-ring (bicyclic) bond motifs is 1. The van der Waals surface area contributed by atoms with Crippen LogP contribution in [0, 0.1) is 0 Å². The number of rotatable bonds is 2. The summed E-state index contributed by atoms with van der Waals surface area (Å²) >= 11 is 5.82. The van der Waals surface area contributed by atoms with E-state index in [1.54, 1.807) is 36.4 Å². The molecule has 102 valence electrons. The van der Waals surface area contributed by atoms with E-state index >= 15 is 0 Å². The highest BCUT2D eigenvalue weighted by Crippen LogP contribution is 2.31. The Morgan fingerprint density at radius 1 is 1.15 bits per heavy atom. The number of ketones is 1. The van der Waals surface area contributed by atoms with Crippen LogP contribution < -0.4 is 4.90 Å². The maximum Gasteiger partial charge on any atom is 0.193 e. The second kappa shape index (κ2) is 5.04. The Morgan fingerprint density at radius 2 is 1.80 bits per heavy atom. The summed E-state index contributed by atoms with van der Waals surface area (Å²) in [5, 5.41) is 0.596. The molecule has 1 aliphatic rings. The van der Waals surface area contributed by atoms with Crippen LogP contribution in [0.1, 0.15) is 15.9 Å². The molecule has 5 heteroatoms. The first-order valence-corrected chi connectivity index (χ1v) is 7.80. The van der Waals surface area contributed by atoms with Crippen molar-refractivity contribution >= 4 is 33.9 Å². The number of carbonyl (C=O) groups excluding carboxylic acids is 1. The number of hydrogen-bond acceptors (Lipinski definition) is 3. The van der Waals surface area contributed by atoms with E-state index < -0.39 is 10.8 Å². The van der Waals surface area contributed by atoms with Crippen LogP contribution >= 0.6 is 11.6 Å². The van der Waals surface area contributed by atoms with Crippen molar-refractivity contribution in [1.82, 2.24) is 0 Å². The third-order valence-corrected chi connectivity index (χ3v) is 4.99. The Bertz CT molecular complexity index is 712. The van der Waals surface area contributed by atoms with Crippen LogP contribution in [0.25, 0.3) is 0 Å². The molecule has 0 radical (unpaired) electrons. The molecule has 0 aliphatic carbocycles. The third kappa shape index (κ3) is 2.25. The van der Waals surface area contributed by atoms with Gasteiger partial charge in [0.1, 0.15) is 0 Å². The van der Waals surface area contributed by atoms with Crippen molar-refractivity contribution in [2.24, 2.45) is 0 Å². The number of benzene rings is 2. The first-order valence-electron chi connectivity index (χ1n) is 6.10. The molecule has 20 heavy (non-hydrogen) atoms. The Kier molecular flexibility index (Phi) is 3.36. The predicted molar refractivity (Wildman–Crippen MR) is 81.0 cm³/mol. The summed E-state index contributed by atoms with van der Waals surface area (Å²) in [7, 11) is 0.831. The van der Waals surface area contributed by atoms with Crippen LogP contribution in [0.15, 0.2) is 47.4 Å². The number of anilines is 1. The first kappa shape index (κ1) is 13.3. The van der Waals surface area contributed by atoms with Gasteiger partial charge in [-0.15, -0.1) is 0 Å². The number of carbonyl (C=O) groups is 1. The Hall–Kier alpha value is -1.65. The Balaban J connectivity index is 1.99. The smallest absolute Gasteiger partial charge is 0.193 e. The van der Waals surface area contributed by atoms with Crippen LogP contribution in [0.5, 0.6) is 0 Å². The summed E-state index contributed by atoms with van der Waals surface area (Å²) in [6, 6.07) is 12.1. The monoisotopic (exact) mass is 305 g/mol. The van der Waals surface area contributed by atoms with Gasteiger partial charge in [0.05, 0.1) is 27.3 Å². The summed E-state index contributed by atoms with van der Waals surface area (Å²) in [4.78, 5) is 15.1. The molecule has 2 aromatic rings. The zero-order valence-corrected chi connectivity index (χ0v) is 12.4. The lowest BCUT2D eigenvalue weighted by Crippen LogP contribution is -2.13. The lowest BCUT2D eigenvalue weighted by molar-refractivity contribution is 0.103. The molecule has 1 unspecified atom stereocenters. The highest BCUT2D eigenvalue weighted by molar-refractivity contribution is 7.85. The third-order valence-electron chi connectivity index (χ3n) is 3.30. The van der Waals surface area contributed by atoms with E-state index in [2.05, 4.69) is 0 Å². The maximum atomic E-state index is 12.4. The first-order chi connectivity index (χ1) is 9.56. The molecule has 1 atom stereocenters. The molecule has 0 spiro atoms. The Labute approximate surface area is 124 Å². The number of nitrogens with zero attached hydrogens (tertiary/aromatic N) is 1. The molecule has 2 aromatic carbocycles. The summed E-state index contributed by atoms with van der Waals surface area (Å²) in [6.45, 7) is 0. The highest BCUT2D eigenvalue weighted by atomic mass is 35.5. The van der Waals surface area contributed by atoms with Crippen LogP contribution in [-0.2, 0) is 10.8 Å². The molecule has 3 nitrogen and oxygen atoms in total. The summed E-state index contributed by atoms with van der Waals surface area (Å²) in [5.41, 5.74) is 2.05. The van der Waals surface area contributed by atoms with Crippen molar-refractivity contribution in [2.45, 2.75) is 4.90 Å². The quantitative estimate of drug-likeness (QED) is 0.800. The van der Waals surface area contributed by atoms with Gasteiger partial charge in [-0.1, -0.05) is 11.6 Å². The largest absolute Gasteiger partial charge is 0.361 e. The molecule has 0 amide bonds. The normalized spacial score (nSPS) is 17.1. The van der Waals surface area contributed by atoms with E-state index in [1.807, 2.05) is 18.0 Å². The van der Waals surface area contributed by atoms with Crippen molar-refractivity contribution in [3.8, 4) is 0 Å². The van der Waals surface area contributed by atoms with Gasteiger partial charge in [-0.3, -0.25) is 9.00 Å². The van der Waals surface area contributed by atoms with E-state index in [0.717, 1.165) is 10.6 Å². The van der Waals surface area contributed by atoms with Crippen molar-refractivity contribution < 1.29 is 9.00 Å². The lowest BCUT2D eigenvalue weighted by Gasteiger charge is -2.10. The Morgan fingerprint density at radius 3 is 2.50 bits per heavy atom. The van der Waals surface area contributed by atoms with Crippen LogP contribution in [-0.4, -0.2) is 22.9 Å². The predicted octanol–water partition coefficient (Wildman–Crippen LogP) is 3.09. The van der Waals surface area contributed by atoms with Gasteiger partial charge in [-0.25, -0.2) is 0 Å². The zero-order chi connectivity index (χ0) is 14.3. The molecule has 0 N–H and O–H groups in total. The van der Waals surface area contributed by atoms with Gasteiger partial charge < -0.3 is 4.90 Å². The maximum absolute atomic E-state index is 12.4. The molecule has 0 fully saturated rings. The molecule has 1 aliphatic heterocycles. The molecule has 3 rings (SSSR count). The van der Waals surface area contributed by atoms with Crippen LogP contribution in [0.2, 0.25) is 5.02 Å². The minimum absolute atomic E-state index is 0.0870. The van der Waals surface area contributed by atoms with Gasteiger partial charge >= 0.3 is 0 Å². The van der Waals surface area contributed by atoms with Gasteiger partial charge in [-0.2, -0.15) is 0 Å². The SMILES string of the molecule is CN1CS(=O)c2cc(C(=O)c3ccc(Cl)cc3)ccc21. The van der Waals surface area contributed by atoms with Gasteiger partial charge in [0.15, 0.2) is 5.78 Å². The van der Waals surface area contributed by atoms with Gasteiger partial charge in [0.25, 0.3) is 0 Å². The van der Waals surface area contributed by atoms with Crippen molar-refractivity contribution in [3.05, 3.63) is 58.6 Å². The number of hydrogen-bond donors (Lipinski definition) is 0. The molecule has 1 heterocycles. The average molecular weight is 306 g/mol. The fraction of sp³-hybridized carbons (Fsp3) is 0.133. The van der Waals surface area contributed by atoms with Crippen molar-refractivity contribution in [2.75, 3.05) is 17.8 Å². The van der Waals surface area contributed by atoms with E-state index in [0.29, 0.717) is 22.0 Å². The second-order valence-electron chi connectivity index (χ2n) is 4.69. The van der Waals surface area contributed by atoms with Crippen LogP contribution in [0.4, 0.5) is 5.69 Å². The molecule has 0 aromatic heterocycles. The highest BCUT2D eigenvalue weighted by Gasteiger charge is 2.24. The minimum atomic E-state index is -1.06. The number of halogens is 1. The van der Waals surface area contributed by atoms with E-state index in [-0.39, 0.29) is 5.78 Å². The summed E-state index contributed by atoms with van der Waals surface area (Å²) < 4.78 is 12.0. The fourth-order valence-electron chi connectivity index (χ4n) is 2.24. The van der Waals surface area contributed by atoms with Crippen molar-refractivity contribution in [3.63, 3.8) is 0 Å². The minimum Gasteiger partial charge on any atom is -0.361 e. The van der Waals surface area contributed by atoms with Gasteiger partial charge in [0.2, 0.25) is 0 Å². The standard InChI is InChI=1S/C15H12ClNO2S/c1-17-9-20(19)14-8-11(4-7-13(14)17)15(18)10-2-5-12(16)6-3-10/h2-8H,9H2,1H3. The fourth-order valence-corrected chi connectivity index (χ4v) is 3.71. The van der Waals surface area contributed by atoms with Gasteiger partial charge in [0, 0.05) is 23.2 Å². The van der Waals surface area contributed by atoms with E-state index in [9.17, 15) is 9.00 Å². The topological polar surface area (TPSA) is 37.4 Å². The zero-order valence-electron chi connectivity index (χ0n) is 10.8. The molecular weight excluding hydrogens is 294 g/mol.